The van der Waals surface area contributed by atoms with Crippen molar-refractivity contribution < 1.29 is 9.90 Å². The summed E-state index contributed by atoms with van der Waals surface area (Å²) in [6.07, 6.45) is 4.35. The van der Waals surface area contributed by atoms with Gasteiger partial charge in [-0.2, -0.15) is 0 Å². The zero-order valence-electron chi connectivity index (χ0n) is 7.12. The largest absolute Gasteiger partial charge is 0.396 e. The third kappa shape index (κ3) is 2.08. The Labute approximate surface area is 72.5 Å². The van der Waals surface area contributed by atoms with Crippen LogP contribution in [0.3, 0.4) is 0 Å². The van der Waals surface area contributed by atoms with Crippen molar-refractivity contribution in [2.45, 2.75) is 25.3 Å². The molecule has 2 N–H and O–H groups in total. The first-order valence-corrected chi connectivity index (χ1v) is 4.31. The summed E-state index contributed by atoms with van der Waals surface area (Å²) in [7, 11) is 0. The number of aliphatic hydroxyl groups excluding tert-OH is 1. The predicted octanol–water partition coefficient (Wildman–Crippen LogP) is 0.450. The maximum absolute atomic E-state index is 10.9. The molecule has 12 heavy (non-hydrogen) atoms. The number of carbonyl (C=O) groups excluding carboxylic acids is 1. The molecule has 0 saturated heterocycles. The van der Waals surface area contributed by atoms with Gasteiger partial charge in [0.05, 0.1) is 0 Å². The second-order valence-electron chi connectivity index (χ2n) is 3.19. The molecule has 0 aromatic rings. The second-order valence-corrected chi connectivity index (χ2v) is 3.19. The lowest BCUT2D eigenvalue weighted by Gasteiger charge is -2.17. The van der Waals surface area contributed by atoms with E-state index in [4.69, 9.17) is 5.11 Å². The molecule has 0 aromatic heterocycles. The van der Waals surface area contributed by atoms with Crippen molar-refractivity contribution in [3.63, 3.8) is 0 Å². The number of amides is 1. The zero-order valence-corrected chi connectivity index (χ0v) is 7.12. The molecule has 1 fully saturated rings. The van der Waals surface area contributed by atoms with E-state index in [0.717, 1.165) is 19.3 Å². The fourth-order valence-corrected chi connectivity index (χ4v) is 1.69. The van der Waals surface area contributed by atoms with Crippen molar-refractivity contribution in [2.24, 2.45) is 5.92 Å². The normalized spacial score (nSPS) is 28.4. The minimum absolute atomic E-state index is 0.139. The fraction of sp³-hybridized carbons (Fsp3) is 0.667. The molecule has 0 heterocycles. The second kappa shape index (κ2) is 4.26. The van der Waals surface area contributed by atoms with Crippen LogP contribution < -0.4 is 5.32 Å². The Balaban J connectivity index is 2.40. The lowest BCUT2D eigenvalue weighted by atomic mass is 10.1. The van der Waals surface area contributed by atoms with E-state index in [1.54, 1.807) is 0 Å². The molecule has 2 unspecified atom stereocenters. The molecular formula is C9H15NO2. The molecule has 1 saturated carbocycles. The third-order valence-corrected chi connectivity index (χ3v) is 2.41. The van der Waals surface area contributed by atoms with Crippen LogP contribution in [0.2, 0.25) is 0 Å². The van der Waals surface area contributed by atoms with Gasteiger partial charge >= 0.3 is 0 Å². The van der Waals surface area contributed by atoms with Crippen LogP contribution in [0, 0.1) is 5.92 Å². The van der Waals surface area contributed by atoms with Gasteiger partial charge in [-0.05, 0) is 18.9 Å². The van der Waals surface area contributed by atoms with Crippen LogP contribution in [0.1, 0.15) is 19.3 Å². The maximum atomic E-state index is 10.9. The molecule has 0 radical (unpaired) electrons. The van der Waals surface area contributed by atoms with Gasteiger partial charge in [0.25, 0.3) is 0 Å². The summed E-state index contributed by atoms with van der Waals surface area (Å²) < 4.78 is 0. The first-order chi connectivity index (χ1) is 5.77. The highest BCUT2D eigenvalue weighted by Crippen LogP contribution is 2.24. The van der Waals surface area contributed by atoms with Gasteiger partial charge in [-0.3, -0.25) is 4.79 Å². The standard InChI is InChI=1S/C9H15NO2/c1-2-9(12)10-8-5-3-4-7(8)6-11/h2,7-8,11H,1,3-6H2,(H,10,12). The maximum Gasteiger partial charge on any atom is 0.243 e. The third-order valence-electron chi connectivity index (χ3n) is 2.41. The Morgan fingerprint density at radius 2 is 2.42 bits per heavy atom. The average molecular weight is 169 g/mol. The van der Waals surface area contributed by atoms with E-state index >= 15 is 0 Å². The van der Waals surface area contributed by atoms with Gasteiger partial charge in [0.15, 0.2) is 0 Å². The summed E-state index contributed by atoms with van der Waals surface area (Å²) >= 11 is 0. The Hall–Kier alpha value is -0.830. The highest BCUT2D eigenvalue weighted by atomic mass is 16.3. The minimum atomic E-state index is -0.139. The van der Waals surface area contributed by atoms with Gasteiger partial charge in [0, 0.05) is 18.6 Å². The van der Waals surface area contributed by atoms with Crippen molar-refractivity contribution in [1.29, 1.82) is 0 Å². The Morgan fingerprint density at radius 3 is 3.00 bits per heavy atom. The molecule has 0 aliphatic heterocycles. The van der Waals surface area contributed by atoms with E-state index in [1.807, 2.05) is 0 Å². The number of rotatable bonds is 3. The molecule has 1 aliphatic carbocycles. The molecule has 0 bridgehead atoms. The highest BCUT2D eigenvalue weighted by Gasteiger charge is 2.26. The van der Waals surface area contributed by atoms with Crippen molar-refractivity contribution in [3.8, 4) is 0 Å². The van der Waals surface area contributed by atoms with E-state index in [0.29, 0.717) is 0 Å². The minimum Gasteiger partial charge on any atom is -0.396 e. The molecule has 1 amide bonds. The molecule has 3 nitrogen and oxygen atoms in total. The summed E-state index contributed by atoms with van der Waals surface area (Å²) in [6.45, 7) is 3.55. The van der Waals surface area contributed by atoms with Crippen molar-refractivity contribution in [1.82, 2.24) is 5.32 Å². The van der Waals surface area contributed by atoms with Crippen molar-refractivity contribution in [3.05, 3.63) is 12.7 Å². The molecule has 0 spiro atoms. The van der Waals surface area contributed by atoms with Gasteiger partial charge in [-0.25, -0.2) is 0 Å². The Morgan fingerprint density at radius 1 is 1.67 bits per heavy atom. The van der Waals surface area contributed by atoms with Gasteiger partial charge in [0.1, 0.15) is 0 Å². The lowest BCUT2D eigenvalue weighted by Crippen LogP contribution is -2.37. The van der Waals surface area contributed by atoms with E-state index in [9.17, 15) is 4.79 Å². The summed E-state index contributed by atoms with van der Waals surface area (Å²) in [6, 6.07) is 0.153. The first-order valence-electron chi connectivity index (χ1n) is 4.31. The quantitative estimate of drug-likeness (QED) is 0.603. The topological polar surface area (TPSA) is 49.3 Å². The van der Waals surface area contributed by atoms with Crippen LogP contribution in [0.4, 0.5) is 0 Å². The molecule has 1 aliphatic rings. The van der Waals surface area contributed by atoms with E-state index < -0.39 is 0 Å². The van der Waals surface area contributed by atoms with Gasteiger partial charge < -0.3 is 10.4 Å². The average Bonchev–Trinajstić information content (AvgIpc) is 2.51. The summed E-state index contributed by atoms with van der Waals surface area (Å²) in [5.74, 6) is 0.106. The van der Waals surface area contributed by atoms with Crippen LogP contribution in [0.15, 0.2) is 12.7 Å². The number of nitrogens with one attached hydrogen (secondary N) is 1. The summed E-state index contributed by atoms with van der Waals surface area (Å²) in [5.41, 5.74) is 0. The van der Waals surface area contributed by atoms with Crippen molar-refractivity contribution in [2.75, 3.05) is 6.61 Å². The van der Waals surface area contributed by atoms with Gasteiger partial charge in [-0.15, -0.1) is 0 Å². The monoisotopic (exact) mass is 169 g/mol. The van der Waals surface area contributed by atoms with Crippen LogP contribution in [-0.4, -0.2) is 23.7 Å². The molecule has 0 aromatic carbocycles. The number of hydrogen-bond acceptors (Lipinski definition) is 2. The number of hydrogen-bond donors (Lipinski definition) is 2. The van der Waals surface area contributed by atoms with E-state index in [-0.39, 0.29) is 24.5 Å². The number of carbonyl (C=O) groups is 1. The predicted molar refractivity (Wildman–Crippen MR) is 46.6 cm³/mol. The summed E-state index contributed by atoms with van der Waals surface area (Å²) in [4.78, 5) is 10.9. The Bertz CT molecular complexity index is 179. The van der Waals surface area contributed by atoms with Crippen LogP contribution >= 0.6 is 0 Å². The lowest BCUT2D eigenvalue weighted by molar-refractivity contribution is -0.117. The SMILES string of the molecule is C=CC(=O)NC1CCCC1CO. The van der Waals surface area contributed by atoms with Crippen LogP contribution in [-0.2, 0) is 4.79 Å². The zero-order chi connectivity index (χ0) is 8.97. The fourth-order valence-electron chi connectivity index (χ4n) is 1.69. The summed E-state index contributed by atoms with van der Waals surface area (Å²) in [5, 5.41) is 11.8. The van der Waals surface area contributed by atoms with Crippen LogP contribution in [0.25, 0.3) is 0 Å². The molecular weight excluding hydrogens is 154 g/mol. The molecule has 68 valence electrons. The van der Waals surface area contributed by atoms with Crippen molar-refractivity contribution >= 4 is 5.91 Å². The van der Waals surface area contributed by atoms with Gasteiger partial charge in [-0.1, -0.05) is 13.0 Å². The first kappa shape index (κ1) is 9.26. The molecule has 3 heteroatoms. The smallest absolute Gasteiger partial charge is 0.243 e. The highest BCUT2D eigenvalue weighted by molar-refractivity contribution is 5.87. The molecule has 1 rings (SSSR count). The molecule has 2 atom stereocenters. The van der Waals surface area contributed by atoms with E-state index in [1.165, 1.54) is 6.08 Å². The van der Waals surface area contributed by atoms with E-state index in [2.05, 4.69) is 11.9 Å². The van der Waals surface area contributed by atoms with Crippen LogP contribution in [0.5, 0.6) is 0 Å². The Kier molecular flexibility index (Phi) is 3.29. The number of aliphatic hydroxyl groups is 1. The van der Waals surface area contributed by atoms with Gasteiger partial charge in [0.2, 0.25) is 5.91 Å².